The van der Waals surface area contributed by atoms with E-state index in [2.05, 4.69) is 9.97 Å². The molecule has 0 radical (unpaired) electrons. The molecule has 0 aliphatic rings. The quantitative estimate of drug-likeness (QED) is 0.855. The third-order valence-corrected chi connectivity index (χ3v) is 3.50. The van der Waals surface area contributed by atoms with Crippen LogP contribution in [-0.4, -0.2) is 21.3 Å². The van der Waals surface area contributed by atoms with Gasteiger partial charge in [-0.3, -0.25) is 9.78 Å². The molecule has 0 fully saturated rings. The van der Waals surface area contributed by atoms with E-state index in [1.165, 1.54) is 6.20 Å². The van der Waals surface area contributed by atoms with E-state index >= 15 is 0 Å². The first-order chi connectivity index (χ1) is 8.49. The van der Waals surface area contributed by atoms with Crippen molar-refractivity contribution in [3.8, 4) is 0 Å². The summed E-state index contributed by atoms with van der Waals surface area (Å²) in [6, 6.07) is 3.93. The fourth-order valence-electron chi connectivity index (χ4n) is 1.72. The summed E-state index contributed by atoms with van der Waals surface area (Å²) in [5.41, 5.74) is 6.22. The van der Waals surface area contributed by atoms with Gasteiger partial charge in [-0.2, -0.15) is 0 Å². The van der Waals surface area contributed by atoms with Crippen molar-refractivity contribution in [3.05, 3.63) is 46.2 Å². The van der Waals surface area contributed by atoms with Gasteiger partial charge in [0.1, 0.15) is 5.69 Å². The molecule has 94 valence electrons. The molecular weight excluding hydrogens is 246 g/mol. The highest BCUT2D eigenvalue weighted by atomic mass is 32.1. The van der Waals surface area contributed by atoms with E-state index in [4.69, 9.17) is 5.73 Å². The molecule has 0 saturated carbocycles. The summed E-state index contributed by atoms with van der Waals surface area (Å²) < 4.78 is 0. The maximum atomic E-state index is 12.3. The van der Waals surface area contributed by atoms with Crippen LogP contribution in [0, 0.1) is 6.92 Å². The molecule has 0 saturated heterocycles. The summed E-state index contributed by atoms with van der Waals surface area (Å²) in [5, 5.41) is 1.97. The number of hydrogen-bond donors (Lipinski definition) is 1. The molecule has 1 atom stereocenters. The topological polar surface area (TPSA) is 68.9 Å². The van der Waals surface area contributed by atoms with Gasteiger partial charge in [-0.1, -0.05) is 6.07 Å². The maximum Gasteiger partial charge on any atom is 0.202 e. The number of nitrogens with zero attached hydrogens (tertiary/aromatic N) is 2. The number of carbonyl (C=O) groups excluding carboxylic acids is 1. The molecule has 4 nitrogen and oxygen atoms in total. The average Bonchev–Trinajstić information content (AvgIpc) is 2.80. The maximum absolute atomic E-state index is 12.3. The predicted octanol–water partition coefficient (Wildman–Crippen LogP) is 1.99. The van der Waals surface area contributed by atoms with Crippen molar-refractivity contribution in [2.45, 2.75) is 25.8 Å². The Morgan fingerprint density at radius 2 is 2.28 bits per heavy atom. The molecule has 1 unspecified atom stereocenters. The minimum atomic E-state index is -0.951. The van der Waals surface area contributed by atoms with E-state index in [9.17, 15) is 4.79 Å². The van der Waals surface area contributed by atoms with Gasteiger partial charge in [-0.25, -0.2) is 4.98 Å². The van der Waals surface area contributed by atoms with Gasteiger partial charge in [0.25, 0.3) is 0 Å². The Morgan fingerprint density at radius 3 is 2.89 bits per heavy atom. The van der Waals surface area contributed by atoms with Gasteiger partial charge in [-0.05, 0) is 25.3 Å². The van der Waals surface area contributed by atoms with Gasteiger partial charge < -0.3 is 5.73 Å². The van der Waals surface area contributed by atoms with Crippen molar-refractivity contribution >= 4 is 17.1 Å². The van der Waals surface area contributed by atoms with E-state index in [0.717, 1.165) is 4.88 Å². The Morgan fingerprint density at radius 1 is 1.50 bits per heavy atom. The smallest absolute Gasteiger partial charge is 0.202 e. The summed E-state index contributed by atoms with van der Waals surface area (Å²) in [6.07, 6.45) is 3.60. The third kappa shape index (κ3) is 2.80. The highest BCUT2D eigenvalue weighted by Gasteiger charge is 2.31. The van der Waals surface area contributed by atoms with Crippen LogP contribution in [-0.2, 0) is 6.42 Å². The van der Waals surface area contributed by atoms with Crippen LogP contribution in [0.15, 0.2) is 29.9 Å². The standard InChI is InChI=1S/C13H15N3OS/c1-9-7-15-8-11(16-9)12(17)13(2,14)6-10-4-3-5-18-10/h3-5,7-8H,6,14H2,1-2H3. The van der Waals surface area contributed by atoms with E-state index in [-0.39, 0.29) is 5.78 Å². The van der Waals surface area contributed by atoms with E-state index in [1.807, 2.05) is 17.5 Å². The molecule has 0 aromatic carbocycles. The Kier molecular flexibility index (Phi) is 3.54. The highest BCUT2D eigenvalue weighted by molar-refractivity contribution is 7.09. The lowest BCUT2D eigenvalue weighted by Crippen LogP contribution is -2.47. The fourth-order valence-corrected chi connectivity index (χ4v) is 2.59. The zero-order valence-electron chi connectivity index (χ0n) is 10.4. The molecule has 0 aliphatic heterocycles. The number of carbonyl (C=O) groups is 1. The zero-order valence-corrected chi connectivity index (χ0v) is 11.2. The Hall–Kier alpha value is -1.59. The summed E-state index contributed by atoms with van der Waals surface area (Å²) in [4.78, 5) is 21.6. The average molecular weight is 261 g/mol. The molecule has 5 heteroatoms. The molecule has 2 aromatic rings. The van der Waals surface area contributed by atoms with Gasteiger partial charge >= 0.3 is 0 Å². The number of rotatable bonds is 4. The molecular formula is C13H15N3OS. The van der Waals surface area contributed by atoms with E-state index in [1.54, 1.807) is 31.4 Å². The van der Waals surface area contributed by atoms with Crippen LogP contribution in [0.25, 0.3) is 0 Å². The van der Waals surface area contributed by atoms with Crippen molar-refractivity contribution in [1.82, 2.24) is 9.97 Å². The van der Waals surface area contributed by atoms with Crippen LogP contribution < -0.4 is 5.73 Å². The molecule has 0 bridgehead atoms. The first kappa shape index (κ1) is 12.9. The number of ketones is 1. The number of aromatic nitrogens is 2. The summed E-state index contributed by atoms with van der Waals surface area (Å²) >= 11 is 1.60. The third-order valence-electron chi connectivity index (χ3n) is 2.63. The van der Waals surface area contributed by atoms with Gasteiger partial charge in [0, 0.05) is 17.5 Å². The van der Waals surface area contributed by atoms with Gasteiger partial charge in [0.15, 0.2) is 0 Å². The lowest BCUT2D eigenvalue weighted by Gasteiger charge is -2.21. The molecule has 2 heterocycles. The Bertz CT molecular complexity index is 549. The minimum Gasteiger partial charge on any atom is -0.319 e. The summed E-state index contributed by atoms with van der Waals surface area (Å²) in [6.45, 7) is 3.54. The molecule has 2 rings (SSSR count). The van der Waals surface area contributed by atoms with Crippen LogP contribution in [0.2, 0.25) is 0 Å². The SMILES string of the molecule is Cc1cncc(C(=O)C(C)(N)Cc2cccs2)n1. The number of Topliss-reactive ketones (excluding diaryl/α,β-unsaturated/α-hetero) is 1. The largest absolute Gasteiger partial charge is 0.319 e. The summed E-state index contributed by atoms with van der Waals surface area (Å²) in [5.74, 6) is -0.174. The Balaban J connectivity index is 2.21. The number of aryl methyl sites for hydroxylation is 1. The molecule has 0 amide bonds. The summed E-state index contributed by atoms with van der Waals surface area (Å²) in [7, 11) is 0. The zero-order chi connectivity index (χ0) is 13.2. The predicted molar refractivity (Wildman–Crippen MR) is 71.7 cm³/mol. The molecule has 0 spiro atoms. The van der Waals surface area contributed by atoms with Crippen molar-refractivity contribution in [2.75, 3.05) is 0 Å². The molecule has 2 N–H and O–H groups in total. The van der Waals surface area contributed by atoms with Crippen LogP contribution in [0.1, 0.15) is 28.0 Å². The van der Waals surface area contributed by atoms with Gasteiger partial charge in [0.2, 0.25) is 5.78 Å². The number of hydrogen-bond acceptors (Lipinski definition) is 5. The highest BCUT2D eigenvalue weighted by Crippen LogP contribution is 2.19. The van der Waals surface area contributed by atoms with Crippen LogP contribution in [0.3, 0.4) is 0 Å². The normalized spacial score (nSPS) is 14.2. The Labute approximate surface area is 110 Å². The van der Waals surface area contributed by atoms with Gasteiger partial charge in [0.05, 0.1) is 17.4 Å². The lowest BCUT2D eigenvalue weighted by atomic mass is 9.91. The van der Waals surface area contributed by atoms with Crippen LogP contribution in [0.5, 0.6) is 0 Å². The van der Waals surface area contributed by atoms with E-state index in [0.29, 0.717) is 17.8 Å². The van der Waals surface area contributed by atoms with Crippen LogP contribution >= 0.6 is 11.3 Å². The van der Waals surface area contributed by atoms with E-state index < -0.39 is 5.54 Å². The van der Waals surface area contributed by atoms with Crippen LogP contribution in [0.4, 0.5) is 0 Å². The first-order valence-corrected chi connectivity index (χ1v) is 6.52. The monoisotopic (exact) mass is 261 g/mol. The van der Waals surface area contributed by atoms with Crippen molar-refractivity contribution < 1.29 is 4.79 Å². The molecule has 18 heavy (non-hydrogen) atoms. The second-order valence-electron chi connectivity index (χ2n) is 4.55. The number of nitrogens with two attached hydrogens (primary N) is 1. The number of thiophene rings is 1. The second-order valence-corrected chi connectivity index (χ2v) is 5.58. The first-order valence-electron chi connectivity index (χ1n) is 5.64. The lowest BCUT2D eigenvalue weighted by molar-refractivity contribution is 0.0895. The van der Waals surface area contributed by atoms with Crippen molar-refractivity contribution in [2.24, 2.45) is 5.73 Å². The molecule has 2 aromatic heterocycles. The van der Waals surface area contributed by atoms with Crippen molar-refractivity contribution in [1.29, 1.82) is 0 Å². The second kappa shape index (κ2) is 4.96. The minimum absolute atomic E-state index is 0.174. The fraction of sp³-hybridized carbons (Fsp3) is 0.308. The van der Waals surface area contributed by atoms with Gasteiger partial charge in [-0.15, -0.1) is 11.3 Å². The van der Waals surface area contributed by atoms with Crippen molar-refractivity contribution in [3.63, 3.8) is 0 Å². The molecule has 0 aliphatic carbocycles.